The number of amides is 1. The number of terminal acetylenes is 1. The molecule has 2 aromatic rings. The second-order valence-electron chi connectivity index (χ2n) is 5.11. The van der Waals surface area contributed by atoms with Crippen LogP contribution >= 0.6 is 0 Å². The number of ether oxygens (including phenoxy) is 2. The summed E-state index contributed by atoms with van der Waals surface area (Å²) >= 11 is 0. The van der Waals surface area contributed by atoms with Crippen molar-refractivity contribution in [2.45, 2.75) is 12.5 Å². The molecule has 0 heterocycles. The van der Waals surface area contributed by atoms with E-state index in [2.05, 4.69) is 11.2 Å². The second-order valence-corrected chi connectivity index (χ2v) is 5.11. The minimum atomic E-state index is -1.09. The van der Waals surface area contributed by atoms with Crippen LogP contribution in [0.5, 0.6) is 11.5 Å². The van der Waals surface area contributed by atoms with Crippen molar-refractivity contribution in [1.29, 1.82) is 0 Å². The molecule has 0 saturated heterocycles. The zero-order valence-corrected chi connectivity index (χ0v) is 13.4. The predicted octanol–water partition coefficient (Wildman–Crippen LogP) is 3.26. The van der Waals surface area contributed by atoms with Gasteiger partial charge in [0.2, 0.25) is 0 Å². The molecule has 0 saturated carbocycles. The first-order valence-electron chi connectivity index (χ1n) is 7.41. The normalized spacial score (nSPS) is 11.2. The Balaban J connectivity index is 1.93. The van der Waals surface area contributed by atoms with Gasteiger partial charge < -0.3 is 19.9 Å². The minimum absolute atomic E-state index is 0.178. The van der Waals surface area contributed by atoms with Crippen LogP contribution in [0.4, 0.5) is 4.79 Å². The number of hydrogen-bond donors (Lipinski definition) is 2. The second kappa shape index (κ2) is 8.49. The van der Waals surface area contributed by atoms with Crippen LogP contribution in [0.1, 0.15) is 17.0 Å². The highest BCUT2D eigenvalue weighted by molar-refractivity contribution is 5.64. The van der Waals surface area contributed by atoms with Crippen molar-refractivity contribution >= 4 is 6.09 Å². The smallest absolute Gasteiger partial charge is 0.404 e. The molecule has 0 radical (unpaired) electrons. The number of rotatable bonds is 7. The third kappa shape index (κ3) is 4.96. The molecular formula is C19H19NO4. The molecule has 24 heavy (non-hydrogen) atoms. The maximum Gasteiger partial charge on any atom is 0.404 e. The zero-order chi connectivity index (χ0) is 17.4. The third-order valence-electron chi connectivity index (χ3n) is 3.51. The quantitative estimate of drug-likeness (QED) is 0.767. The van der Waals surface area contributed by atoms with Gasteiger partial charge in [0.05, 0.1) is 13.0 Å². The van der Waals surface area contributed by atoms with Crippen LogP contribution in [0.2, 0.25) is 0 Å². The van der Waals surface area contributed by atoms with Gasteiger partial charge in [-0.25, -0.2) is 4.79 Å². The van der Waals surface area contributed by atoms with Gasteiger partial charge in [0, 0.05) is 6.54 Å². The van der Waals surface area contributed by atoms with Crippen molar-refractivity contribution < 1.29 is 19.4 Å². The van der Waals surface area contributed by atoms with Crippen LogP contribution in [0.25, 0.3) is 0 Å². The lowest BCUT2D eigenvalue weighted by Gasteiger charge is -2.12. The minimum Gasteiger partial charge on any atom is -0.497 e. The molecule has 1 unspecified atom stereocenters. The number of nitrogens with one attached hydrogen (secondary N) is 1. The molecule has 5 nitrogen and oxygen atoms in total. The lowest BCUT2D eigenvalue weighted by atomic mass is 10.00. The van der Waals surface area contributed by atoms with Crippen LogP contribution in [0, 0.1) is 12.3 Å². The van der Waals surface area contributed by atoms with Crippen molar-refractivity contribution in [1.82, 2.24) is 5.32 Å². The summed E-state index contributed by atoms with van der Waals surface area (Å²) in [5, 5.41) is 11.0. The first-order chi connectivity index (χ1) is 11.6. The number of benzene rings is 2. The van der Waals surface area contributed by atoms with E-state index in [1.807, 2.05) is 48.5 Å². The topological polar surface area (TPSA) is 67.8 Å². The average molecular weight is 325 g/mol. The van der Waals surface area contributed by atoms with Crippen molar-refractivity contribution in [2.75, 3.05) is 13.7 Å². The van der Waals surface area contributed by atoms with Crippen LogP contribution in [0.15, 0.2) is 48.5 Å². The number of methoxy groups -OCH3 is 1. The maximum atomic E-state index is 10.6. The van der Waals surface area contributed by atoms with Gasteiger partial charge in [-0.15, -0.1) is 6.42 Å². The summed E-state index contributed by atoms with van der Waals surface area (Å²) in [6.07, 6.45) is 4.37. The van der Waals surface area contributed by atoms with Crippen LogP contribution < -0.4 is 14.8 Å². The molecule has 0 aliphatic rings. The highest BCUT2D eigenvalue weighted by atomic mass is 16.5. The lowest BCUT2D eigenvalue weighted by molar-refractivity contribution is 0.194. The Labute approximate surface area is 141 Å². The molecule has 2 N–H and O–H groups in total. The Bertz CT molecular complexity index is 702. The molecule has 0 spiro atoms. The summed E-state index contributed by atoms with van der Waals surface area (Å²) in [6, 6.07) is 15.0. The Morgan fingerprint density at radius 2 is 1.79 bits per heavy atom. The Kier molecular flexibility index (Phi) is 6.09. The van der Waals surface area contributed by atoms with Crippen LogP contribution in [-0.4, -0.2) is 24.9 Å². The largest absolute Gasteiger partial charge is 0.497 e. The molecule has 0 aliphatic carbocycles. The fraction of sp³-hybridized carbons (Fsp3) is 0.211. The molecular weight excluding hydrogens is 306 g/mol. The van der Waals surface area contributed by atoms with Gasteiger partial charge in [-0.1, -0.05) is 30.2 Å². The van der Waals surface area contributed by atoms with E-state index in [4.69, 9.17) is 21.0 Å². The molecule has 5 heteroatoms. The monoisotopic (exact) mass is 325 g/mol. The van der Waals surface area contributed by atoms with Gasteiger partial charge in [-0.3, -0.25) is 0 Å². The fourth-order valence-electron chi connectivity index (χ4n) is 2.15. The highest BCUT2D eigenvalue weighted by Crippen LogP contribution is 2.20. The Morgan fingerprint density at radius 3 is 2.33 bits per heavy atom. The summed E-state index contributed by atoms with van der Waals surface area (Å²) in [4.78, 5) is 10.6. The average Bonchev–Trinajstić information content (AvgIpc) is 2.61. The van der Waals surface area contributed by atoms with Crippen LogP contribution in [0.3, 0.4) is 0 Å². The van der Waals surface area contributed by atoms with Crippen molar-refractivity contribution in [2.24, 2.45) is 0 Å². The molecule has 1 atom stereocenters. The number of carboxylic acid groups (broad SMARTS) is 1. The van der Waals surface area contributed by atoms with Gasteiger partial charge >= 0.3 is 6.09 Å². The molecule has 2 aromatic carbocycles. The fourth-order valence-corrected chi connectivity index (χ4v) is 2.15. The van der Waals surface area contributed by atoms with Gasteiger partial charge in [-0.05, 0) is 35.4 Å². The molecule has 124 valence electrons. The maximum absolute atomic E-state index is 10.6. The molecule has 2 rings (SSSR count). The molecule has 0 fully saturated rings. The van der Waals surface area contributed by atoms with Gasteiger partial charge in [0.1, 0.15) is 18.1 Å². The number of carbonyl (C=O) groups is 1. The van der Waals surface area contributed by atoms with E-state index in [-0.39, 0.29) is 12.5 Å². The lowest BCUT2D eigenvalue weighted by Crippen LogP contribution is -2.26. The first-order valence-corrected chi connectivity index (χ1v) is 7.41. The first kappa shape index (κ1) is 17.2. The van der Waals surface area contributed by atoms with E-state index >= 15 is 0 Å². The highest BCUT2D eigenvalue weighted by Gasteiger charge is 2.09. The van der Waals surface area contributed by atoms with Crippen LogP contribution in [-0.2, 0) is 6.61 Å². The van der Waals surface area contributed by atoms with Crippen molar-refractivity contribution in [3.8, 4) is 23.8 Å². The van der Waals surface area contributed by atoms with E-state index in [0.29, 0.717) is 6.61 Å². The molecule has 0 aliphatic heterocycles. The molecule has 0 aromatic heterocycles. The van der Waals surface area contributed by atoms with Gasteiger partial charge in [0.15, 0.2) is 0 Å². The van der Waals surface area contributed by atoms with E-state index in [0.717, 1.165) is 22.6 Å². The molecule has 0 bridgehead atoms. The standard InChI is InChI=1S/C19H19NO4/c1-3-15(12-20-19(21)22)16-6-10-18(11-7-16)24-13-14-4-8-17(23-2)9-5-14/h1,4-11,15,20H,12-13H2,2H3,(H,21,22). The summed E-state index contributed by atoms with van der Waals surface area (Å²) in [5.74, 6) is 3.80. The van der Waals surface area contributed by atoms with E-state index in [9.17, 15) is 4.79 Å². The Hall–Kier alpha value is -3.13. The SMILES string of the molecule is C#CC(CNC(=O)O)c1ccc(OCc2ccc(OC)cc2)cc1. The number of hydrogen-bond acceptors (Lipinski definition) is 3. The summed E-state index contributed by atoms with van der Waals surface area (Å²) < 4.78 is 10.8. The molecule has 1 amide bonds. The zero-order valence-electron chi connectivity index (χ0n) is 13.4. The van der Waals surface area contributed by atoms with Crippen molar-refractivity contribution in [3.63, 3.8) is 0 Å². The van der Waals surface area contributed by atoms with Gasteiger partial charge in [-0.2, -0.15) is 0 Å². The van der Waals surface area contributed by atoms with Crippen molar-refractivity contribution in [3.05, 3.63) is 59.7 Å². The van der Waals surface area contributed by atoms with E-state index in [1.165, 1.54) is 0 Å². The van der Waals surface area contributed by atoms with E-state index < -0.39 is 6.09 Å². The van der Waals surface area contributed by atoms with Gasteiger partial charge in [0.25, 0.3) is 0 Å². The van der Waals surface area contributed by atoms with E-state index in [1.54, 1.807) is 7.11 Å². The summed E-state index contributed by atoms with van der Waals surface area (Å²) in [7, 11) is 1.63. The summed E-state index contributed by atoms with van der Waals surface area (Å²) in [6.45, 7) is 0.625. The third-order valence-corrected chi connectivity index (χ3v) is 3.51. The Morgan fingerprint density at radius 1 is 1.17 bits per heavy atom. The summed E-state index contributed by atoms with van der Waals surface area (Å²) in [5.41, 5.74) is 1.90. The predicted molar refractivity (Wildman–Crippen MR) is 91.4 cm³/mol.